The molecule has 0 saturated heterocycles. The van der Waals surface area contributed by atoms with Crippen LogP contribution in [0.5, 0.6) is 11.6 Å². The number of ether oxygens (including phenoxy) is 2. The number of hydrogen-bond acceptors (Lipinski definition) is 6. The van der Waals surface area contributed by atoms with Crippen molar-refractivity contribution in [1.29, 1.82) is 0 Å². The molecule has 2 aromatic heterocycles. The van der Waals surface area contributed by atoms with Gasteiger partial charge in [-0.15, -0.1) is 0 Å². The van der Waals surface area contributed by atoms with E-state index in [2.05, 4.69) is 23.5 Å². The van der Waals surface area contributed by atoms with Crippen LogP contribution in [0.3, 0.4) is 0 Å². The topological polar surface area (TPSA) is 97.0 Å². The highest BCUT2D eigenvalue weighted by Gasteiger charge is 2.44. The van der Waals surface area contributed by atoms with Gasteiger partial charge < -0.3 is 9.47 Å². The number of amides is 2. The molecule has 222 valence electrons. The third kappa shape index (κ3) is 5.23. The Labute approximate surface area is 243 Å². The largest absolute Gasteiger partial charge is 0.490 e. The zero-order chi connectivity index (χ0) is 30.2. The maximum atomic E-state index is 14.8. The highest BCUT2D eigenvalue weighted by molar-refractivity contribution is 6.21. The minimum atomic E-state index is -1.10. The van der Waals surface area contributed by atoms with Gasteiger partial charge in [-0.2, -0.15) is 14.6 Å². The Hall–Kier alpha value is -4.28. The first kappa shape index (κ1) is 29.2. The van der Waals surface area contributed by atoms with E-state index in [0.717, 1.165) is 23.1 Å². The van der Waals surface area contributed by atoms with Crippen molar-refractivity contribution in [3.05, 3.63) is 64.9 Å². The fourth-order valence-electron chi connectivity index (χ4n) is 5.41. The molecule has 0 aliphatic carbocycles. The summed E-state index contributed by atoms with van der Waals surface area (Å²) >= 11 is 0. The number of benzene rings is 1. The summed E-state index contributed by atoms with van der Waals surface area (Å²) in [5.74, 6) is -2.38. The lowest BCUT2D eigenvalue weighted by atomic mass is 9.83. The van der Waals surface area contributed by atoms with Crippen molar-refractivity contribution in [2.45, 2.75) is 53.4 Å². The Bertz CT molecular complexity index is 1610. The lowest BCUT2D eigenvalue weighted by molar-refractivity contribution is -0.135. The number of nitrogens with one attached hydrogen (secondary N) is 1. The monoisotopic (exact) mass is 579 g/mol. The molecule has 0 saturated carbocycles. The van der Waals surface area contributed by atoms with Crippen LogP contribution < -0.4 is 14.9 Å². The van der Waals surface area contributed by atoms with E-state index in [1.165, 1.54) is 17.1 Å². The van der Waals surface area contributed by atoms with Gasteiger partial charge in [0.2, 0.25) is 11.7 Å². The molecule has 2 amide bonds. The van der Waals surface area contributed by atoms with E-state index >= 15 is 0 Å². The first-order valence-electron chi connectivity index (χ1n) is 14.1. The summed E-state index contributed by atoms with van der Waals surface area (Å²) in [5.41, 5.74) is 5.41. The summed E-state index contributed by atoms with van der Waals surface area (Å²) in [7, 11) is 1.63. The highest BCUT2D eigenvalue weighted by Crippen LogP contribution is 2.35. The molecule has 0 fully saturated rings. The number of pyridine rings is 1. The van der Waals surface area contributed by atoms with Gasteiger partial charge in [0.15, 0.2) is 17.4 Å². The summed E-state index contributed by atoms with van der Waals surface area (Å²) in [6.07, 6.45) is 4.10. The summed E-state index contributed by atoms with van der Waals surface area (Å²) in [5, 5.41) is 10.1. The van der Waals surface area contributed by atoms with E-state index in [9.17, 15) is 18.4 Å². The Balaban J connectivity index is 1.23. The van der Waals surface area contributed by atoms with Gasteiger partial charge in [-0.05, 0) is 69.0 Å². The standard InChI is InChI=1S/C31H35F2N5O4/c1-6-19-16-22-20(10-12-25(41-5)37(22)17-19)29-31(3,4)30(40)38(36-29)13-7-8-14-42-23-11-9-21(26(32)27(23)33)28-18(2)15-24(39)34-35-28/h9-12,16-18H,6-8,13-15H2,1-5H3,(H,34,39). The van der Waals surface area contributed by atoms with Gasteiger partial charge >= 0.3 is 0 Å². The van der Waals surface area contributed by atoms with E-state index in [-0.39, 0.29) is 47.8 Å². The van der Waals surface area contributed by atoms with E-state index in [1.54, 1.807) is 14.0 Å². The van der Waals surface area contributed by atoms with Gasteiger partial charge in [0.05, 0.1) is 36.1 Å². The van der Waals surface area contributed by atoms with Crippen LogP contribution in [-0.2, 0) is 16.0 Å². The molecule has 1 aromatic carbocycles. The highest BCUT2D eigenvalue weighted by atomic mass is 19.2. The van der Waals surface area contributed by atoms with Crippen LogP contribution in [0.1, 0.15) is 63.6 Å². The third-order valence-electron chi connectivity index (χ3n) is 7.84. The molecule has 0 radical (unpaired) electrons. The molecule has 42 heavy (non-hydrogen) atoms. The minimum Gasteiger partial charge on any atom is -0.490 e. The quantitative estimate of drug-likeness (QED) is 0.339. The summed E-state index contributed by atoms with van der Waals surface area (Å²) in [6.45, 7) is 8.06. The number of methoxy groups -OCH3 is 1. The van der Waals surface area contributed by atoms with Gasteiger partial charge in [-0.3, -0.25) is 14.0 Å². The second-order valence-electron chi connectivity index (χ2n) is 11.2. The summed E-state index contributed by atoms with van der Waals surface area (Å²) in [4.78, 5) is 24.8. The molecule has 1 unspecified atom stereocenters. The Kier molecular flexibility index (Phi) is 8.03. The second-order valence-corrected chi connectivity index (χ2v) is 11.2. The number of carbonyl (C=O) groups is 2. The number of hydrogen-bond donors (Lipinski definition) is 1. The van der Waals surface area contributed by atoms with Crippen LogP contribution in [0.2, 0.25) is 0 Å². The SMILES string of the molecule is CCc1cc2c(C3=NN(CCCCOc4ccc(C5=NNC(=O)CC5C)c(F)c4F)C(=O)C3(C)C)ccc(OC)n2c1. The number of fused-ring (bicyclic) bond motifs is 1. The fourth-order valence-corrected chi connectivity index (χ4v) is 5.41. The summed E-state index contributed by atoms with van der Waals surface area (Å²) < 4.78 is 42.7. The lowest BCUT2D eigenvalue weighted by Gasteiger charge is -2.20. The molecule has 1 atom stereocenters. The number of hydrazone groups is 2. The first-order chi connectivity index (χ1) is 20.1. The normalized spacial score (nSPS) is 18.3. The van der Waals surface area contributed by atoms with Gasteiger partial charge in [0.1, 0.15) is 0 Å². The number of aromatic nitrogens is 1. The van der Waals surface area contributed by atoms with Gasteiger partial charge in [-0.25, -0.2) is 14.8 Å². The lowest BCUT2D eigenvalue weighted by Crippen LogP contribution is -2.35. The van der Waals surface area contributed by atoms with Crippen LogP contribution in [0.4, 0.5) is 8.78 Å². The number of carbonyl (C=O) groups excluding carboxylic acids is 2. The average Bonchev–Trinajstić information content (AvgIpc) is 3.50. The number of rotatable bonds is 10. The molecule has 0 spiro atoms. The molecule has 2 aliphatic rings. The zero-order valence-electron chi connectivity index (χ0n) is 24.5. The third-order valence-corrected chi connectivity index (χ3v) is 7.84. The molecule has 5 rings (SSSR count). The molecule has 0 bridgehead atoms. The van der Waals surface area contributed by atoms with Gasteiger partial charge in [0, 0.05) is 36.2 Å². The van der Waals surface area contributed by atoms with Crippen molar-refractivity contribution in [1.82, 2.24) is 14.8 Å². The van der Waals surface area contributed by atoms with E-state index < -0.39 is 17.0 Å². The van der Waals surface area contributed by atoms with Crippen molar-refractivity contribution in [2.75, 3.05) is 20.3 Å². The molecule has 9 nitrogen and oxygen atoms in total. The number of halogens is 2. The number of unbranched alkanes of at least 4 members (excludes halogenated alkanes) is 1. The van der Waals surface area contributed by atoms with Crippen LogP contribution in [0.25, 0.3) is 5.52 Å². The molecule has 2 aliphatic heterocycles. The Morgan fingerprint density at radius 1 is 1.10 bits per heavy atom. The second kappa shape index (κ2) is 11.5. The predicted octanol–water partition coefficient (Wildman–Crippen LogP) is 5.08. The molecule has 11 heteroatoms. The molecule has 3 aromatic rings. The zero-order valence-corrected chi connectivity index (χ0v) is 24.5. The van der Waals surface area contributed by atoms with Crippen LogP contribution in [0, 0.1) is 23.0 Å². The van der Waals surface area contributed by atoms with Crippen LogP contribution >= 0.6 is 0 Å². The fraction of sp³-hybridized carbons (Fsp3) is 0.419. The first-order valence-corrected chi connectivity index (χ1v) is 14.1. The molecular weight excluding hydrogens is 544 g/mol. The van der Waals surface area contributed by atoms with Crippen molar-refractivity contribution in [2.24, 2.45) is 21.5 Å². The Morgan fingerprint density at radius 2 is 1.86 bits per heavy atom. The average molecular weight is 580 g/mol. The van der Waals surface area contributed by atoms with Gasteiger partial charge in [-0.1, -0.05) is 13.8 Å². The minimum absolute atomic E-state index is 0.00335. The maximum Gasteiger partial charge on any atom is 0.254 e. The van der Waals surface area contributed by atoms with Crippen molar-refractivity contribution in [3.8, 4) is 11.6 Å². The van der Waals surface area contributed by atoms with E-state index in [1.807, 2.05) is 36.6 Å². The molecule has 1 N–H and O–H groups in total. The smallest absolute Gasteiger partial charge is 0.254 e. The van der Waals surface area contributed by atoms with Gasteiger partial charge in [0.25, 0.3) is 5.91 Å². The van der Waals surface area contributed by atoms with Crippen molar-refractivity contribution >= 4 is 28.8 Å². The van der Waals surface area contributed by atoms with Crippen LogP contribution in [-0.4, -0.2) is 52.9 Å². The van der Waals surface area contributed by atoms with Crippen molar-refractivity contribution in [3.63, 3.8) is 0 Å². The predicted molar refractivity (Wildman–Crippen MR) is 155 cm³/mol. The van der Waals surface area contributed by atoms with Crippen molar-refractivity contribution < 1.29 is 27.8 Å². The van der Waals surface area contributed by atoms with E-state index in [4.69, 9.17) is 14.6 Å². The number of nitrogens with zero attached hydrogens (tertiary/aromatic N) is 4. The number of aryl methyl sites for hydroxylation is 1. The Morgan fingerprint density at radius 3 is 2.57 bits per heavy atom. The molecule has 4 heterocycles. The van der Waals surface area contributed by atoms with E-state index in [0.29, 0.717) is 31.0 Å². The maximum absolute atomic E-state index is 14.8. The summed E-state index contributed by atoms with van der Waals surface area (Å²) in [6, 6.07) is 8.68. The molecular formula is C31H35F2N5O4. The van der Waals surface area contributed by atoms with Crippen LogP contribution in [0.15, 0.2) is 46.7 Å².